The predicted molar refractivity (Wildman–Crippen MR) is 81.4 cm³/mol. The molecule has 4 heteroatoms. The van der Waals surface area contributed by atoms with E-state index < -0.39 is 0 Å². The van der Waals surface area contributed by atoms with Crippen molar-refractivity contribution in [3.63, 3.8) is 0 Å². The third-order valence-electron chi connectivity index (χ3n) is 3.72. The molecule has 1 aliphatic rings. The molecule has 3 N–H and O–H groups in total. The summed E-state index contributed by atoms with van der Waals surface area (Å²) in [6, 6.07) is 10.6. The summed E-state index contributed by atoms with van der Waals surface area (Å²) in [6.07, 6.45) is 4.17. The molecule has 0 radical (unpaired) electrons. The van der Waals surface area contributed by atoms with Gasteiger partial charge in [-0.2, -0.15) is 0 Å². The standard InChI is InChI=1S/C16H25N3O/c17-15-9-5-11-19(12-15)13-16(20)18-10-4-8-14-6-2-1-3-7-14/h1-3,6-7,15H,4-5,8-13,17H2,(H,18,20). The molecule has 0 spiro atoms. The molecule has 1 saturated heterocycles. The first-order valence-electron chi connectivity index (χ1n) is 7.52. The Labute approximate surface area is 121 Å². The first kappa shape index (κ1) is 15.0. The van der Waals surface area contributed by atoms with Crippen LogP contribution in [0.5, 0.6) is 0 Å². The second-order valence-electron chi connectivity index (χ2n) is 5.58. The van der Waals surface area contributed by atoms with Crippen molar-refractivity contribution < 1.29 is 4.79 Å². The maximum Gasteiger partial charge on any atom is 0.234 e. The van der Waals surface area contributed by atoms with Gasteiger partial charge in [0.2, 0.25) is 5.91 Å². The molecule has 1 aromatic rings. The van der Waals surface area contributed by atoms with E-state index in [2.05, 4.69) is 22.3 Å². The van der Waals surface area contributed by atoms with Gasteiger partial charge in [0.05, 0.1) is 6.54 Å². The van der Waals surface area contributed by atoms with Gasteiger partial charge < -0.3 is 11.1 Å². The monoisotopic (exact) mass is 275 g/mol. The minimum atomic E-state index is 0.118. The molecule has 1 heterocycles. The summed E-state index contributed by atoms with van der Waals surface area (Å²) in [5.41, 5.74) is 7.24. The van der Waals surface area contributed by atoms with Crippen molar-refractivity contribution in [3.8, 4) is 0 Å². The average Bonchev–Trinajstić information content (AvgIpc) is 2.45. The zero-order chi connectivity index (χ0) is 14.2. The lowest BCUT2D eigenvalue weighted by Crippen LogP contribution is -2.47. The second kappa shape index (κ2) is 8.02. The van der Waals surface area contributed by atoms with Gasteiger partial charge >= 0.3 is 0 Å². The van der Waals surface area contributed by atoms with Gasteiger partial charge in [0.25, 0.3) is 0 Å². The topological polar surface area (TPSA) is 58.4 Å². The number of nitrogens with two attached hydrogens (primary N) is 1. The third-order valence-corrected chi connectivity index (χ3v) is 3.72. The van der Waals surface area contributed by atoms with Crippen LogP contribution in [0.25, 0.3) is 0 Å². The average molecular weight is 275 g/mol. The molecule has 110 valence electrons. The van der Waals surface area contributed by atoms with Gasteiger partial charge in [0, 0.05) is 19.1 Å². The van der Waals surface area contributed by atoms with Crippen LogP contribution in [0, 0.1) is 0 Å². The fourth-order valence-corrected chi connectivity index (χ4v) is 2.66. The number of benzene rings is 1. The molecular weight excluding hydrogens is 250 g/mol. The Hall–Kier alpha value is -1.39. The van der Waals surface area contributed by atoms with Crippen molar-refractivity contribution in [1.29, 1.82) is 0 Å². The molecule has 1 aliphatic heterocycles. The molecule has 0 aromatic heterocycles. The van der Waals surface area contributed by atoms with Crippen molar-refractivity contribution in [2.45, 2.75) is 31.7 Å². The van der Waals surface area contributed by atoms with Crippen LogP contribution in [0.3, 0.4) is 0 Å². The Bertz CT molecular complexity index is 407. The zero-order valence-corrected chi connectivity index (χ0v) is 12.1. The molecule has 1 fully saturated rings. The van der Waals surface area contributed by atoms with E-state index in [4.69, 9.17) is 5.73 Å². The number of carbonyl (C=O) groups excluding carboxylic acids is 1. The first-order chi connectivity index (χ1) is 9.74. The molecule has 4 nitrogen and oxygen atoms in total. The Kier molecular flexibility index (Phi) is 6.02. The molecule has 1 unspecified atom stereocenters. The highest BCUT2D eigenvalue weighted by Gasteiger charge is 2.18. The highest BCUT2D eigenvalue weighted by molar-refractivity contribution is 5.77. The Morgan fingerprint density at radius 3 is 2.90 bits per heavy atom. The first-order valence-corrected chi connectivity index (χ1v) is 7.52. The molecule has 0 bridgehead atoms. The lowest BCUT2D eigenvalue weighted by Gasteiger charge is -2.29. The maximum atomic E-state index is 11.8. The Balaban J connectivity index is 1.58. The number of nitrogens with one attached hydrogen (secondary N) is 1. The smallest absolute Gasteiger partial charge is 0.234 e. The van der Waals surface area contributed by atoms with E-state index >= 15 is 0 Å². The third kappa shape index (κ3) is 5.31. The van der Waals surface area contributed by atoms with Crippen LogP contribution in [-0.4, -0.2) is 43.0 Å². The molecule has 20 heavy (non-hydrogen) atoms. The van der Waals surface area contributed by atoms with E-state index in [9.17, 15) is 4.79 Å². The van der Waals surface area contributed by atoms with Crippen LogP contribution < -0.4 is 11.1 Å². The van der Waals surface area contributed by atoms with Crippen molar-refractivity contribution in [3.05, 3.63) is 35.9 Å². The second-order valence-corrected chi connectivity index (χ2v) is 5.58. The Morgan fingerprint density at radius 2 is 2.15 bits per heavy atom. The molecule has 1 atom stereocenters. The van der Waals surface area contributed by atoms with Crippen molar-refractivity contribution in [2.75, 3.05) is 26.2 Å². The molecule has 0 saturated carbocycles. The van der Waals surface area contributed by atoms with Crippen LogP contribution in [0.2, 0.25) is 0 Å². The van der Waals surface area contributed by atoms with Crippen LogP contribution >= 0.6 is 0 Å². The molecule has 0 aliphatic carbocycles. The van der Waals surface area contributed by atoms with Gasteiger partial charge in [-0.15, -0.1) is 0 Å². The van der Waals surface area contributed by atoms with Gasteiger partial charge in [0.1, 0.15) is 0 Å². The fourth-order valence-electron chi connectivity index (χ4n) is 2.66. The van der Waals surface area contributed by atoms with Gasteiger partial charge in [0.15, 0.2) is 0 Å². The molecule has 1 aromatic carbocycles. The van der Waals surface area contributed by atoms with E-state index in [1.165, 1.54) is 5.56 Å². The number of hydrogen-bond acceptors (Lipinski definition) is 3. The highest BCUT2D eigenvalue weighted by atomic mass is 16.2. The number of amides is 1. The highest BCUT2D eigenvalue weighted by Crippen LogP contribution is 2.07. The SMILES string of the molecule is NC1CCCN(CC(=O)NCCCc2ccccc2)C1. The number of carbonyl (C=O) groups is 1. The van der Waals surface area contributed by atoms with Crippen molar-refractivity contribution >= 4 is 5.91 Å². The summed E-state index contributed by atoms with van der Waals surface area (Å²) in [4.78, 5) is 14.0. The zero-order valence-electron chi connectivity index (χ0n) is 12.1. The number of aryl methyl sites for hydroxylation is 1. The largest absolute Gasteiger partial charge is 0.355 e. The quantitative estimate of drug-likeness (QED) is 0.766. The summed E-state index contributed by atoms with van der Waals surface area (Å²) in [5.74, 6) is 0.118. The van der Waals surface area contributed by atoms with Gasteiger partial charge in [-0.25, -0.2) is 0 Å². The number of likely N-dealkylation sites (tertiary alicyclic amines) is 1. The van der Waals surface area contributed by atoms with E-state index in [1.54, 1.807) is 0 Å². The van der Waals surface area contributed by atoms with E-state index in [-0.39, 0.29) is 11.9 Å². The normalized spacial score (nSPS) is 19.8. The van der Waals surface area contributed by atoms with Crippen molar-refractivity contribution in [1.82, 2.24) is 10.2 Å². The minimum absolute atomic E-state index is 0.118. The summed E-state index contributed by atoms with van der Waals surface area (Å²) < 4.78 is 0. The van der Waals surface area contributed by atoms with Gasteiger partial charge in [-0.1, -0.05) is 30.3 Å². The number of rotatable bonds is 6. The van der Waals surface area contributed by atoms with Gasteiger partial charge in [-0.3, -0.25) is 9.69 Å². The molecule has 2 rings (SSSR count). The van der Waals surface area contributed by atoms with Crippen LogP contribution in [-0.2, 0) is 11.2 Å². The molecule has 1 amide bonds. The Morgan fingerprint density at radius 1 is 1.35 bits per heavy atom. The maximum absolute atomic E-state index is 11.8. The van der Waals surface area contributed by atoms with E-state index in [0.29, 0.717) is 6.54 Å². The summed E-state index contributed by atoms with van der Waals surface area (Å²) in [5, 5.41) is 2.99. The number of hydrogen-bond donors (Lipinski definition) is 2. The van der Waals surface area contributed by atoms with Crippen LogP contribution in [0.4, 0.5) is 0 Å². The lowest BCUT2D eigenvalue weighted by molar-refractivity contribution is -0.122. The number of nitrogens with zero attached hydrogens (tertiary/aromatic N) is 1. The summed E-state index contributed by atoms with van der Waals surface area (Å²) >= 11 is 0. The lowest BCUT2D eigenvalue weighted by atomic mass is 10.1. The number of piperidine rings is 1. The minimum Gasteiger partial charge on any atom is -0.355 e. The summed E-state index contributed by atoms with van der Waals surface area (Å²) in [7, 11) is 0. The molecular formula is C16H25N3O. The van der Waals surface area contributed by atoms with Gasteiger partial charge in [-0.05, 0) is 37.8 Å². The van der Waals surface area contributed by atoms with E-state index in [0.717, 1.165) is 45.3 Å². The van der Waals surface area contributed by atoms with Crippen LogP contribution in [0.15, 0.2) is 30.3 Å². The predicted octanol–water partition coefficient (Wildman–Crippen LogP) is 1.16. The van der Waals surface area contributed by atoms with Crippen LogP contribution in [0.1, 0.15) is 24.8 Å². The fraction of sp³-hybridized carbons (Fsp3) is 0.562. The van der Waals surface area contributed by atoms with Crippen molar-refractivity contribution in [2.24, 2.45) is 5.73 Å². The summed E-state index contributed by atoms with van der Waals surface area (Å²) in [6.45, 7) is 3.06. The van der Waals surface area contributed by atoms with E-state index in [1.807, 2.05) is 18.2 Å².